The predicted octanol–water partition coefficient (Wildman–Crippen LogP) is 2.94. The van der Waals surface area contributed by atoms with E-state index in [0.29, 0.717) is 0 Å². The first-order valence-corrected chi connectivity index (χ1v) is 7.52. The van der Waals surface area contributed by atoms with Crippen molar-refractivity contribution in [2.45, 2.75) is 13.8 Å². The van der Waals surface area contributed by atoms with Crippen molar-refractivity contribution in [1.29, 1.82) is 0 Å². The monoisotopic (exact) mass is 311 g/mol. The smallest absolute Gasteiger partial charge is 0.180 e. The molecule has 0 bridgehead atoms. The largest absolute Gasteiger partial charge is 0.328 e. The number of nitrogens with zero attached hydrogens (tertiary/aromatic N) is 5. The average molecular weight is 311 g/mol. The molecule has 0 atom stereocenters. The number of anilines is 2. The van der Waals surface area contributed by atoms with E-state index in [-0.39, 0.29) is 0 Å². The summed E-state index contributed by atoms with van der Waals surface area (Å²) in [6, 6.07) is 1.99. The van der Waals surface area contributed by atoms with Crippen LogP contribution < -0.4 is 5.32 Å². The van der Waals surface area contributed by atoms with E-state index in [1.165, 1.54) is 11.5 Å². The summed E-state index contributed by atoms with van der Waals surface area (Å²) >= 11 is 1.41. The van der Waals surface area contributed by atoms with Gasteiger partial charge in [0.1, 0.15) is 5.00 Å². The summed E-state index contributed by atoms with van der Waals surface area (Å²) in [6.45, 7) is 3.93. The second kappa shape index (κ2) is 4.92. The van der Waals surface area contributed by atoms with Gasteiger partial charge >= 0.3 is 0 Å². The van der Waals surface area contributed by atoms with Gasteiger partial charge in [0.05, 0.1) is 29.5 Å². The number of imidazole rings is 1. The van der Waals surface area contributed by atoms with Gasteiger partial charge < -0.3 is 5.32 Å². The molecule has 4 rings (SSSR count). The Kier molecular flexibility index (Phi) is 2.90. The maximum Gasteiger partial charge on any atom is 0.180 e. The van der Waals surface area contributed by atoms with E-state index in [4.69, 9.17) is 0 Å². The van der Waals surface area contributed by atoms with Crippen LogP contribution in [0.15, 0.2) is 30.9 Å². The van der Waals surface area contributed by atoms with E-state index in [2.05, 4.69) is 29.9 Å². The Bertz CT molecular complexity index is 936. The van der Waals surface area contributed by atoms with Crippen LogP contribution >= 0.6 is 11.5 Å². The summed E-state index contributed by atoms with van der Waals surface area (Å²) in [7, 11) is 0. The fraction of sp³-hybridized carbons (Fsp3) is 0.143. The molecule has 0 aromatic carbocycles. The molecular weight excluding hydrogens is 298 g/mol. The van der Waals surface area contributed by atoms with Gasteiger partial charge in [-0.05, 0) is 31.4 Å². The number of hydrogen-bond acceptors (Lipinski definition) is 6. The Labute approximate surface area is 130 Å². The summed E-state index contributed by atoms with van der Waals surface area (Å²) in [5.41, 5.74) is 4.61. The summed E-state index contributed by atoms with van der Waals surface area (Å²) in [5.74, 6) is 0.721. The van der Waals surface area contributed by atoms with Gasteiger partial charge in [0.2, 0.25) is 0 Å². The SMILES string of the molecule is Cc1cc(Nc2nc(C)cn3c(-c4cn[nH]c4)cnc23)sn1. The van der Waals surface area contributed by atoms with Crippen LogP contribution in [0.1, 0.15) is 11.4 Å². The molecule has 4 heterocycles. The number of hydrogen-bond donors (Lipinski definition) is 2. The zero-order valence-electron chi connectivity index (χ0n) is 12.0. The number of rotatable bonds is 3. The van der Waals surface area contributed by atoms with Crippen molar-refractivity contribution < 1.29 is 0 Å². The minimum absolute atomic E-state index is 0.721. The van der Waals surface area contributed by atoms with Gasteiger partial charge in [-0.2, -0.15) is 9.47 Å². The van der Waals surface area contributed by atoms with Crippen LogP contribution in [0.4, 0.5) is 10.8 Å². The molecule has 22 heavy (non-hydrogen) atoms. The first kappa shape index (κ1) is 13.0. The normalized spacial score (nSPS) is 11.2. The molecule has 4 aromatic rings. The number of nitrogens with one attached hydrogen (secondary N) is 2. The van der Waals surface area contributed by atoms with Crippen molar-refractivity contribution in [2.75, 3.05) is 5.32 Å². The van der Waals surface area contributed by atoms with Gasteiger partial charge in [0.15, 0.2) is 11.5 Å². The molecular formula is C14H13N7S. The van der Waals surface area contributed by atoms with E-state index >= 15 is 0 Å². The second-order valence-corrected chi connectivity index (χ2v) is 5.82. The highest BCUT2D eigenvalue weighted by Gasteiger charge is 2.13. The van der Waals surface area contributed by atoms with Gasteiger partial charge in [-0.1, -0.05) is 0 Å². The number of aryl methyl sites for hydroxylation is 2. The van der Waals surface area contributed by atoms with E-state index in [0.717, 1.165) is 39.1 Å². The van der Waals surface area contributed by atoms with E-state index < -0.39 is 0 Å². The van der Waals surface area contributed by atoms with Crippen LogP contribution in [0.2, 0.25) is 0 Å². The van der Waals surface area contributed by atoms with Crippen LogP contribution in [0.25, 0.3) is 16.9 Å². The third kappa shape index (κ3) is 2.13. The van der Waals surface area contributed by atoms with Crippen LogP contribution in [0, 0.1) is 13.8 Å². The van der Waals surface area contributed by atoms with E-state index in [1.54, 1.807) is 6.20 Å². The molecule has 110 valence electrons. The van der Waals surface area contributed by atoms with Crippen LogP contribution in [-0.4, -0.2) is 28.9 Å². The summed E-state index contributed by atoms with van der Waals surface area (Å²) in [5, 5.41) is 11.1. The number of aromatic nitrogens is 6. The summed E-state index contributed by atoms with van der Waals surface area (Å²) < 4.78 is 6.29. The van der Waals surface area contributed by atoms with Crippen molar-refractivity contribution in [3.05, 3.63) is 42.2 Å². The Morgan fingerprint density at radius 1 is 1.23 bits per heavy atom. The summed E-state index contributed by atoms with van der Waals surface area (Å²) in [6.07, 6.45) is 7.41. The zero-order valence-corrected chi connectivity index (χ0v) is 12.8. The quantitative estimate of drug-likeness (QED) is 0.608. The molecule has 0 saturated carbocycles. The van der Waals surface area contributed by atoms with Gasteiger partial charge in [-0.25, -0.2) is 9.97 Å². The molecule has 0 saturated heterocycles. The van der Waals surface area contributed by atoms with Crippen molar-refractivity contribution in [1.82, 2.24) is 28.9 Å². The standard InChI is InChI=1S/C14H13N7S/c1-8-3-12(22-20-8)19-13-14-15-6-11(10-4-16-17-5-10)21(14)7-9(2)18-13/h3-7H,1-2H3,(H,16,17)(H,18,19). The molecule has 0 fully saturated rings. The third-order valence-corrected chi connectivity index (χ3v) is 4.07. The highest BCUT2D eigenvalue weighted by atomic mass is 32.1. The molecule has 0 radical (unpaired) electrons. The first-order chi connectivity index (χ1) is 10.7. The lowest BCUT2D eigenvalue weighted by molar-refractivity contribution is 1.08. The molecule has 0 aliphatic heterocycles. The minimum Gasteiger partial charge on any atom is -0.328 e. The zero-order chi connectivity index (χ0) is 15.1. The van der Waals surface area contributed by atoms with Crippen molar-refractivity contribution in [3.8, 4) is 11.3 Å². The fourth-order valence-electron chi connectivity index (χ4n) is 2.34. The molecule has 0 amide bonds. The molecule has 0 aliphatic rings. The molecule has 4 aromatic heterocycles. The van der Waals surface area contributed by atoms with E-state index in [9.17, 15) is 0 Å². The lowest BCUT2D eigenvalue weighted by Gasteiger charge is -2.07. The highest BCUT2D eigenvalue weighted by molar-refractivity contribution is 7.10. The van der Waals surface area contributed by atoms with Crippen molar-refractivity contribution in [3.63, 3.8) is 0 Å². The van der Waals surface area contributed by atoms with Crippen molar-refractivity contribution in [2.24, 2.45) is 0 Å². The molecule has 0 unspecified atom stereocenters. The molecule has 2 N–H and O–H groups in total. The fourth-order valence-corrected chi connectivity index (χ4v) is 3.00. The van der Waals surface area contributed by atoms with Gasteiger partial charge in [0.25, 0.3) is 0 Å². The maximum absolute atomic E-state index is 4.56. The summed E-state index contributed by atoms with van der Waals surface area (Å²) in [4.78, 5) is 9.06. The molecule has 7 nitrogen and oxygen atoms in total. The van der Waals surface area contributed by atoms with Gasteiger partial charge in [0, 0.05) is 18.0 Å². The van der Waals surface area contributed by atoms with Gasteiger partial charge in [-0.15, -0.1) is 0 Å². The second-order valence-electron chi connectivity index (χ2n) is 5.01. The molecule has 8 heteroatoms. The Hall–Kier alpha value is -2.74. The Balaban J connectivity index is 1.85. The first-order valence-electron chi connectivity index (χ1n) is 6.75. The van der Waals surface area contributed by atoms with Crippen LogP contribution in [0.5, 0.6) is 0 Å². The minimum atomic E-state index is 0.721. The molecule has 0 spiro atoms. The number of fused-ring (bicyclic) bond motifs is 1. The topological polar surface area (TPSA) is 83.8 Å². The van der Waals surface area contributed by atoms with Crippen LogP contribution in [0.3, 0.4) is 0 Å². The van der Waals surface area contributed by atoms with Crippen LogP contribution in [-0.2, 0) is 0 Å². The Morgan fingerprint density at radius 3 is 2.86 bits per heavy atom. The van der Waals surface area contributed by atoms with Crippen molar-refractivity contribution >= 4 is 28.0 Å². The predicted molar refractivity (Wildman–Crippen MR) is 85.4 cm³/mol. The number of H-pyrrole nitrogens is 1. The lowest BCUT2D eigenvalue weighted by Crippen LogP contribution is -2.00. The number of aromatic amines is 1. The maximum atomic E-state index is 4.56. The highest BCUT2D eigenvalue weighted by Crippen LogP contribution is 2.27. The van der Waals surface area contributed by atoms with E-state index in [1.807, 2.05) is 42.9 Å². The third-order valence-electron chi connectivity index (χ3n) is 3.28. The molecule has 0 aliphatic carbocycles. The Morgan fingerprint density at radius 2 is 2.14 bits per heavy atom. The lowest BCUT2D eigenvalue weighted by atomic mass is 10.3. The van der Waals surface area contributed by atoms with Gasteiger partial charge in [-0.3, -0.25) is 9.50 Å². The average Bonchev–Trinajstić information content (AvgIpc) is 3.18.